The third kappa shape index (κ3) is 3.99. The van der Waals surface area contributed by atoms with Crippen LogP contribution in [0.4, 0.5) is 5.69 Å². The minimum Gasteiger partial charge on any atom is -0.337 e. The van der Waals surface area contributed by atoms with Gasteiger partial charge in [0, 0.05) is 49.2 Å². The summed E-state index contributed by atoms with van der Waals surface area (Å²) in [6.07, 6.45) is 3.73. The molecule has 0 spiro atoms. The maximum Gasteiger partial charge on any atom is 0.238 e. The Balaban J connectivity index is 1.66. The van der Waals surface area contributed by atoms with E-state index in [1.807, 2.05) is 42.1 Å². The minimum absolute atomic E-state index is 0.00608. The predicted octanol–water partition coefficient (Wildman–Crippen LogP) is 1.77. The van der Waals surface area contributed by atoms with Gasteiger partial charge in [-0.3, -0.25) is 9.69 Å². The summed E-state index contributed by atoms with van der Waals surface area (Å²) in [6.45, 7) is 2.86. The molecular formula is C16H20BrN5O. The van der Waals surface area contributed by atoms with E-state index in [0.29, 0.717) is 6.54 Å². The molecule has 3 rings (SSSR count). The topological polar surface area (TPSA) is 62.2 Å². The van der Waals surface area contributed by atoms with Gasteiger partial charge in [0.25, 0.3) is 0 Å². The quantitative estimate of drug-likeness (QED) is 0.852. The highest BCUT2D eigenvalue weighted by molar-refractivity contribution is 9.10. The van der Waals surface area contributed by atoms with Gasteiger partial charge >= 0.3 is 0 Å². The molecule has 1 atom stereocenters. The van der Waals surface area contributed by atoms with Crippen LogP contribution in [0.1, 0.15) is 11.9 Å². The molecule has 1 unspecified atom stereocenters. The number of carbonyl (C=O) groups is 1. The van der Waals surface area contributed by atoms with E-state index >= 15 is 0 Å². The van der Waals surface area contributed by atoms with Crippen LogP contribution in [0, 0.1) is 0 Å². The summed E-state index contributed by atoms with van der Waals surface area (Å²) in [7, 11) is 1.98. The van der Waals surface area contributed by atoms with Crippen molar-refractivity contribution in [2.24, 2.45) is 7.05 Å². The minimum atomic E-state index is -0.00608. The van der Waals surface area contributed by atoms with E-state index in [9.17, 15) is 4.79 Å². The molecule has 122 valence electrons. The molecule has 0 bridgehead atoms. The maximum atomic E-state index is 12.4. The van der Waals surface area contributed by atoms with Gasteiger partial charge in [-0.25, -0.2) is 4.98 Å². The summed E-state index contributed by atoms with van der Waals surface area (Å²) in [5, 5.41) is 6.33. The number of hydrogen-bond acceptors (Lipinski definition) is 4. The summed E-state index contributed by atoms with van der Waals surface area (Å²) in [6, 6.07) is 7.71. The Bertz CT molecular complexity index is 669. The summed E-state index contributed by atoms with van der Waals surface area (Å²) < 4.78 is 3.00. The van der Waals surface area contributed by atoms with Gasteiger partial charge in [-0.15, -0.1) is 0 Å². The summed E-state index contributed by atoms with van der Waals surface area (Å²) in [5.74, 6) is 0.974. The van der Waals surface area contributed by atoms with E-state index in [2.05, 4.69) is 36.4 Å². The van der Waals surface area contributed by atoms with Crippen molar-refractivity contribution >= 4 is 27.5 Å². The number of hydrogen-bond donors (Lipinski definition) is 2. The number of nitrogens with zero attached hydrogens (tertiary/aromatic N) is 3. The van der Waals surface area contributed by atoms with Crippen LogP contribution in [0.25, 0.3) is 0 Å². The van der Waals surface area contributed by atoms with E-state index in [1.165, 1.54) is 0 Å². The van der Waals surface area contributed by atoms with Crippen molar-refractivity contribution in [3.8, 4) is 0 Å². The smallest absolute Gasteiger partial charge is 0.238 e. The average molecular weight is 378 g/mol. The Hall–Kier alpha value is -1.70. The monoisotopic (exact) mass is 377 g/mol. The Morgan fingerprint density at radius 2 is 2.22 bits per heavy atom. The summed E-state index contributed by atoms with van der Waals surface area (Å²) in [5.41, 5.74) is 0.807. The lowest BCUT2D eigenvalue weighted by atomic mass is 10.1. The highest BCUT2D eigenvalue weighted by Crippen LogP contribution is 2.20. The fourth-order valence-corrected chi connectivity index (χ4v) is 3.07. The second kappa shape index (κ2) is 7.25. The van der Waals surface area contributed by atoms with Crippen molar-refractivity contribution in [3.05, 3.63) is 47.0 Å². The van der Waals surface area contributed by atoms with Crippen molar-refractivity contribution in [2.75, 3.05) is 31.5 Å². The molecule has 1 aliphatic rings. The van der Waals surface area contributed by atoms with E-state index in [-0.39, 0.29) is 11.9 Å². The van der Waals surface area contributed by atoms with Crippen LogP contribution in [0.3, 0.4) is 0 Å². The zero-order valence-electron chi connectivity index (χ0n) is 13.0. The van der Waals surface area contributed by atoms with Crippen molar-refractivity contribution in [1.82, 2.24) is 19.8 Å². The molecule has 1 amide bonds. The standard InChI is InChI=1S/C16H20BrN5O/c1-21-8-7-19-16(21)14-10-18-6-9-22(14)11-15(23)20-13-4-2-12(17)3-5-13/h2-5,7-8,14,18H,6,9-11H2,1H3,(H,20,23). The SMILES string of the molecule is Cn1ccnc1C1CNCCN1CC(=O)Nc1ccc(Br)cc1. The molecule has 2 N–H and O–H groups in total. The number of rotatable bonds is 4. The predicted molar refractivity (Wildman–Crippen MR) is 93.2 cm³/mol. The van der Waals surface area contributed by atoms with Gasteiger partial charge in [-0.2, -0.15) is 0 Å². The third-order valence-corrected chi connectivity index (χ3v) is 4.51. The summed E-state index contributed by atoms with van der Waals surface area (Å²) in [4.78, 5) is 19.0. The fourth-order valence-electron chi connectivity index (χ4n) is 2.81. The van der Waals surface area contributed by atoms with Crippen LogP contribution < -0.4 is 10.6 Å². The Labute approximate surface area is 144 Å². The largest absolute Gasteiger partial charge is 0.337 e. The van der Waals surface area contributed by atoms with Crippen molar-refractivity contribution in [1.29, 1.82) is 0 Å². The first kappa shape index (κ1) is 16.2. The molecule has 1 fully saturated rings. The van der Waals surface area contributed by atoms with Crippen LogP contribution in [0.15, 0.2) is 41.1 Å². The highest BCUT2D eigenvalue weighted by atomic mass is 79.9. The number of anilines is 1. The maximum absolute atomic E-state index is 12.4. The van der Waals surface area contributed by atoms with Crippen molar-refractivity contribution in [2.45, 2.75) is 6.04 Å². The third-order valence-electron chi connectivity index (χ3n) is 3.99. The Morgan fingerprint density at radius 3 is 2.91 bits per heavy atom. The molecule has 6 nitrogen and oxygen atoms in total. The van der Waals surface area contributed by atoms with Gasteiger partial charge in [-0.1, -0.05) is 15.9 Å². The highest BCUT2D eigenvalue weighted by Gasteiger charge is 2.28. The average Bonchev–Trinajstić information content (AvgIpc) is 2.96. The first-order chi connectivity index (χ1) is 11.1. The lowest BCUT2D eigenvalue weighted by Gasteiger charge is -2.35. The van der Waals surface area contributed by atoms with Gasteiger partial charge in [0.15, 0.2) is 0 Å². The second-order valence-corrected chi connectivity index (χ2v) is 6.56. The van der Waals surface area contributed by atoms with Crippen LogP contribution >= 0.6 is 15.9 Å². The second-order valence-electron chi connectivity index (χ2n) is 5.64. The molecular weight excluding hydrogens is 358 g/mol. The Kier molecular flexibility index (Phi) is 5.09. The zero-order valence-corrected chi connectivity index (χ0v) is 14.6. The van der Waals surface area contributed by atoms with Crippen LogP contribution in [0.2, 0.25) is 0 Å². The number of halogens is 1. The number of benzene rings is 1. The van der Waals surface area contributed by atoms with Crippen molar-refractivity contribution in [3.63, 3.8) is 0 Å². The van der Waals surface area contributed by atoms with E-state index in [0.717, 1.165) is 35.6 Å². The molecule has 1 aromatic carbocycles. The lowest BCUT2D eigenvalue weighted by molar-refractivity contribution is -0.118. The van der Waals surface area contributed by atoms with Gasteiger partial charge in [0.05, 0.1) is 12.6 Å². The number of amides is 1. The number of carbonyl (C=O) groups excluding carboxylic acids is 1. The zero-order chi connectivity index (χ0) is 16.2. The van der Waals surface area contributed by atoms with E-state index in [1.54, 1.807) is 6.20 Å². The molecule has 0 aliphatic carbocycles. The molecule has 2 aromatic rings. The molecule has 1 saturated heterocycles. The molecule has 0 saturated carbocycles. The molecule has 2 heterocycles. The molecule has 1 aliphatic heterocycles. The lowest BCUT2D eigenvalue weighted by Crippen LogP contribution is -2.49. The first-order valence-electron chi connectivity index (χ1n) is 7.61. The van der Waals surface area contributed by atoms with Gasteiger partial charge < -0.3 is 15.2 Å². The number of nitrogens with one attached hydrogen (secondary N) is 2. The molecule has 1 aromatic heterocycles. The van der Waals surface area contributed by atoms with Gasteiger partial charge in [0.2, 0.25) is 5.91 Å². The summed E-state index contributed by atoms with van der Waals surface area (Å²) >= 11 is 3.39. The Morgan fingerprint density at radius 1 is 1.43 bits per heavy atom. The van der Waals surface area contributed by atoms with Crippen LogP contribution in [0.5, 0.6) is 0 Å². The number of aromatic nitrogens is 2. The van der Waals surface area contributed by atoms with Gasteiger partial charge in [-0.05, 0) is 24.3 Å². The van der Waals surface area contributed by atoms with Crippen LogP contribution in [-0.4, -0.2) is 46.5 Å². The molecule has 7 heteroatoms. The van der Waals surface area contributed by atoms with E-state index in [4.69, 9.17) is 0 Å². The fraction of sp³-hybridized carbons (Fsp3) is 0.375. The number of imidazole rings is 1. The van der Waals surface area contributed by atoms with Gasteiger partial charge in [0.1, 0.15) is 5.82 Å². The first-order valence-corrected chi connectivity index (χ1v) is 8.40. The van der Waals surface area contributed by atoms with Crippen molar-refractivity contribution < 1.29 is 4.79 Å². The van der Waals surface area contributed by atoms with Crippen LogP contribution in [-0.2, 0) is 11.8 Å². The number of piperazine rings is 1. The number of aryl methyl sites for hydroxylation is 1. The molecule has 0 radical (unpaired) electrons. The van der Waals surface area contributed by atoms with E-state index < -0.39 is 0 Å². The normalized spacial score (nSPS) is 18.8. The molecule has 23 heavy (non-hydrogen) atoms.